The zero-order valence-corrected chi connectivity index (χ0v) is 13.8. The van der Waals surface area contributed by atoms with Crippen LogP contribution < -0.4 is 16.2 Å². The van der Waals surface area contributed by atoms with E-state index in [-0.39, 0.29) is 17.3 Å². The zero-order chi connectivity index (χ0) is 17.6. The number of nitrogens with two attached hydrogens (primary N) is 1. The van der Waals surface area contributed by atoms with Crippen molar-refractivity contribution in [2.24, 2.45) is 0 Å². The summed E-state index contributed by atoms with van der Waals surface area (Å²) in [6.45, 7) is 0.528. The number of aromatic amines is 1. The number of Topliss-reactive ketones (excluding diaryl/α,β-unsaturated/α-hetero) is 1. The van der Waals surface area contributed by atoms with E-state index < -0.39 is 5.56 Å². The Morgan fingerprint density at radius 3 is 2.80 bits per heavy atom. The van der Waals surface area contributed by atoms with Crippen LogP contribution in [0.25, 0.3) is 0 Å². The summed E-state index contributed by atoms with van der Waals surface area (Å²) in [5, 5.41) is 0. The highest BCUT2D eigenvalue weighted by Gasteiger charge is 2.28. The van der Waals surface area contributed by atoms with E-state index in [0.29, 0.717) is 36.3 Å². The standard InChI is InChI=1S/C19H19N3O3/c20-14-5-1-7-16-11(14)4-3-9-22(16)19(25)13-10-12-15(21-18(13)24)6-2-8-17(12)23/h1,5,7,10H,2-4,6,8-9,20H2,(H,21,24). The van der Waals surface area contributed by atoms with Gasteiger partial charge in [-0.1, -0.05) is 6.07 Å². The lowest BCUT2D eigenvalue weighted by Gasteiger charge is -2.30. The fourth-order valence-electron chi connectivity index (χ4n) is 3.74. The minimum atomic E-state index is -0.436. The van der Waals surface area contributed by atoms with E-state index in [4.69, 9.17) is 5.73 Å². The number of hydrogen-bond donors (Lipinski definition) is 2. The molecule has 1 aromatic carbocycles. The van der Waals surface area contributed by atoms with Crippen LogP contribution in [-0.2, 0) is 12.8 Å². The number of rotatable bonds is 1. The number of aromatic nitrogens is 1. The van der Waals surface area contributed by atoms with Crippen molar-refractivity contribution in [2.45, 2.75) is 32.1 Å². The van der Waals surface area contributed by atoms with Crippen LogP contribution in [0.1, 0.15) is 51.2 Å². The van der Waals surface area contributed by atoms with Crippen molar-refractivity contribution < 1.29 is 9.59 Å². The van der Waals surface area contributed by atoms with Gasteiger partial charge in [-0.2, -0.15) is 0 Å². The van der Waals surface area contributed by atoms with Crippen LogP contribution in [0.2, 0.25) is 0 Å². The molecule has 1 aliphatic heterocycles. The van der Waals surface area contributed by atoms with Gasteiger partial charge in [0.2, 0.25) is 0 Å². The molecule has 1 aliphatic carbocycles. The topological polar surface area (TPSA) is 96.3 Å². The summed E-state index contributed by atoms with van der Waals surface area (Å²) < 4.78 is 0. The molecular formula is C19H19N3O3. The predicted octanol–water partition coefficient (Wildman–Crippen LogP) is 2.07. The number of pyridine rings is 1. The van der Waals surface area contributed by atoms with E-state index in [1.807, 2.05) is 12.1 Å². The third-order valence-electron chi connectivity index (χ3n) is 5.02. The average Bonchev–Trinajstić information content (AvgIpc) is 2.61. The minimum absolute atomic E-state index is 0.0178. The fraction of sp³-hybridized carbons (Fsp3) is 0.316. The number of carbonyl (C=O) groups is 2. The molecule has 3 N–H and O–H groups in total. The molecule has 1 amide bonds. The van der Waals surface area contributed by atoms with Crippen LogP contribution in [0.15, 0.2) is 29.1 Å². The van der Waals surface area contributed by atoms with Crippen molar-refractivity contribution in [3.05, 3.63) is 57.0 Å². The summed E-state index contributed by atoms with van der Waals surface area (Å²) in [6.07, 6.45) is 3.44. The number of fused-ring (bicyclic) bond motifs is 2. The number of carbonyl (C=O) groups excluding carboxylic acids is 2. The number of amides is 1. The molecule has 128 valence electrons. The summed E-state index contributed by atoms with van der Waals surface area (Å²) >= 11 is 0. The number of ketones is 1. The molecular weight excluding hydrogens is 318 g/mol. The van der Waals surface area contributed by atoms with Crippen molar-refractivity contribution in [1.29, 1.82) is 0 Å². The van der Waals surface area contributed by atoms with Crippen LogP contribution in [0.4, 0.5) is 11.4 Å². The van der Waals surface area contributed by atoms with Gasteiger partial charge in [-0.3, -0.25) is 14.4 Å². The Hall–Kier alpha value is -2.89. The van der Waals surface area contributed by atoms with E-state index in [9.17, 15) is 14.4 Å². The van der Waals surface area contributed by atoms with E-state index >= 15 is 0 Å². The molecule has 0 saturated carbocycles. The number of hydrogen-bond acceptors (Lipinski definition) is 4. The molecule has 0 spiro atoms. The van der Waals surface area contributed by atoms with Crippen molar-refractivity contribution >= 4 is 23.1 Å². The number of nitrogens with one attached hydrogen (secondary N) is 1. The first-order chi connectivity index (χ1) is 12.1. The second-order valence-electron chi connectivity index (χ2n) is 6.59. The lowest BCUT2D eigenvalue weighted by molar-refractivity contribution is 0.0971. The van der Waals surface area contributed by atoms with Gasteiger partial charge in [0.1, 0.15) is 5.56 Å². The smallest absolute Gasteiger partial charge is 0.263 e. The van der Waals surface area contributed by atoms with Crippen LogP contribution in [0.5, 0.6) is 0 Å². The highest BCUT2D eigenvalue weighted by Crippen LogP contribution is 2.32. The number of aryl methyl sites for hydroxylation is 1. The lowest BCUT2D eigenvalue weighted by atomic mass is 9.93. The second kappa shape index (κ2) is 5.88. The lowest BCUT2D eigenvalue weighted by Crippen LogP contribution is -2.39. The Labute approximate surface area is 144 Å². The van der Waals surface area contributed by atoms with Crippen LogP contribution in [0, 0.1) is 0 Å². The normalized spacial score (nSPS) is 16.3. The molecule has 2 heterocycles. The molecule has 0 unspecified atom stereocenters. The quantitative estimate of drug-likeness (QED) is 0.779. The van der Waals surface area contributed by atoms with Crippen LogP contribution in [-0.4, -0.2) is 23.2 Å². The molecule has 6 heteroatoms. The summed E-state index contributed by atoms with van der Waals surface area (Å²) in [5.41, 5.74) is 9.07. The van der Waals surface area contributed by atoms with Gasteiger partial charge in [0.15, 0.2) is 5.78 Å². The highest BCUT2D eigenvalue weighted by molar-refractivity contribution is 6.08. The minimum Gasteiger partial charge on any atom is -0.398 e. The van der Waals surface area contributed by atoms with Crippen LogP contribution in [0.3, 0.4) is 0 Å². The van der Waals surface area contributed by atoms with Crippen molar-refractivity contribution in [3.63, 3.8) is 0 Å². The van der Waals surface area contributed by atoms with Gasteiger partial charge >= 0.3 is 0 Å². The number of nitrogens with zero attached hydrogens (tertiary/aromatic N) is 1. The molecule has 1 aromatic heterocycles. The Morgan fingerprint density at radius 2 is 1.96 bits per heavy atom. The van der Waals surface area contributed by atoms with Crippen molar-refractivity contribution in [2.75, 3.05) is 17.2 Å². The number of anilines is 2. The summed E-state index contributed by atoms with van der Waals surface area (Å²) in [4.78, 5) is 41.9. The Bertz CT molecular complexity index is 945. The van der Waals surface area contributed by atoms with Crippen molar-refractivity contribution in [3.8, 4) is 0 Å². The molecule has 25 heavy (non-hydrogen) atoms. The maximum Gasteiger partial charge on any atom is 0.263 e. The van der Waals surface area contributed by atoms with Gasteiger partial charge in [0.25, 0.3) is 11.5 Å². The van der Waals surface area contributed by atoms with Crippen LogP contribution >= 0.6 is 0 Å². The predicted molar refractivity (Wildman–Crippen MR) is 95.2 cm³/mol. The molecule has 2 aliphatic rings. The van der Waals surface area contributed by atoms with Gasteiger partial charge in [0.05, 0.1) is 0 Å². The molecule has 0 atom stereocenters. The molecule has 6 nitrogen and oxygen atoms in total. The third kappa shape index (κ3) is 2.54. The van der Waals surface area contributed by atoms with E-state index in [0.717, 1.165) is 30.5 Å². The maximum atomic E-state index is 13.0. The second-order valence-corrected chi connectivity index (χ2v) is 6.59. The Balaban J connectivity index is 1.79. The third-order valence-corrected chi connectivity index (χ3v) is 5.02. The highest BCUT2D eigenvalue weighted by atomic mass is 16.2. The summed E-state index contributed by atoms with van der Waals surface area (Å²) in [7, 11) is 0. The fourth-order valence-corrected chi connectivity index (χ4v) is 3.74. The number of H-pyrrole nitrogens is 1. The largest absolute Gasteiger partial charge is 0.398 e. The molecule has 0 radical (unpaired) electrons. The molecule has 4 rings (SSSR count). The molecule has 0 bridgehead atoms. The number of nitrogen functional groups attached to an aromatic ring is 1. The van der Waals surface area contributed by atoms with Gasteiger partial charge in [-0.05, 0) is 49.4 Å². The zero-order valence-electron chi connectivity index (χ0n) is 13.8. The monoisotopic (exact) mass is 337 g/mol. The first kappa shape index (κ1) is 15.6. The van der Waals surface area contributed by atoms with E-state index in [1.165, 1.54) is 6.07 Å². The Morgan fingerprint density at radius 1 is 1.12 bits per heavy atom. The van der Waals surface area contributed by atoms with E-state index in [1.54, 1.807) is 11.0 Å². The summed E-state index contributed by atoms with van der Waals surface area (Å²) in [6, 6.07) is 6.94. The van der Waals surface area contributed by atoms with Gasteiger partial charge < -0.3 is 15.6 Å². The SMILES string of the molecule is Nc1cccc2c1CCCN2C(=O)c1cc2c([nH]c1=O)CCCC2=O. The first-order valence-electron chi connectivity index (χ1n) is 8.55. The molecule has 2 aromatic rings. The average molecular weight is 337 g/mol. The number of benzene rings is 1. The van der Waals surface area contributed by atoms with Gasteiger partial charge in [-0.15, -0.1) is 0 Å². The summed E-state index contributed by atoms with van der Waals surface area (Å²) in [5.74, 6) is -0.399. The molecule has 0 saturated heterocycles. The Kier molecular flexibility index (Phi) is 3.67. The van der Waals surface area contributed by atoms with Crippen molar-refractivity contribution in [1.82, 2.24) is 4.98 Å². The van der Waals surface area contributed by atoms with E-state index in [2.05, 4.69) is 4.98 Å². The first-order valence-corrected chi connectivity index (χ1v) is 8.55. The van der Waals surface area contributed by atoms with Gasteiger partial charge in [-0.25, -0.2) is 0 Å². The van der Waals surface area contributed by atoms with Gasteiger partial charge in [0, 0.05) is 35.6 Å². The maximum absolute atomic E-state index is 13.0. The molecule has 0 fully saturated rings.